The largest absolute Gasteiger partial charge is 0.506 e. The van der Waals surface area contributed by atoms with Crippen LogP contribution in [0, 0.1) is 17.2 Å². The van der Waals surface area contributed by atoms with Gasteiger partial charge in [-0.2, -0.15) is 5.26 Å². The van der Waals surface area contributed by atoms with E-state index < -0.39 is 0 Å². The Bertz CT molecular complexity index is 481. The normalized spacial score (nSPS) is 17.3. The molecule has 3 nitrogen and oxygen atoms in total. The number of nitrogens with zero attached hydrogens (tertiary/aromatic N) is 1. The number of hydrogen-bond acceptors (Lipinski definition) is 3. The van der Waals surface area contributed by atoms with Crippen LogP contribution >= 0.6 is 28.3 Å². The molecule has 1 aliphatic rings. The summed E-state index contributed by atoms with van der Waals surface area (Å²) in [4.78, 5) is 0. The summed E-state index contributed by atoms with van der Waals surface area (Å²) >= 11 is 3.27. The zero-order valence-corrected chi connectivity index (χ0v) is 13.0. The van der Waals surface area contributed by atoms with E-state index in [2.05, 4.69) is 22.0 Å². The molecule has 1 aromatic carbocycles. The molecule has 1 aliphatic carbocycles. The fourth-order valence-electron chi connectivity index (χ4n) is 2.69. The van der Waals surface area contributed by atoms with Crippen LogP contribution in [0.2, 0.25) is 0 Å². The Morgan fingerprint density at radius 3 is 2.53 bits per heavy atom. The van der Waals surface area contributed by atoms with Crippen LogP contribution in [0.5, 0.6) is 5.75 Å². The highest BCUT2D eigenvalue weighted by atomic mass is 79.9. The van der Waals surface area contributed by atoms with Gasteiger partial charge in [0.2, 0.25) is 0 Å². The third-order valence-electron chi connectivity index (χ3n) is 3.74. The predicted octanol–water partition coefficient (Wildman–Crippen LogP) is 4.03. The summed E-state index contributed by atoms with van der Waals surface area (Å²) in [6.45, 7) is 0. The monoisotopic (exact) mass is 344 g/mol. The second-order valence-corrected chi connectivity index (χ2v) is 5.79. The van der Waals surface area contributed by atoms with Gasteiger partial charge < -0.3 is 10.8 Å². The first kappa shape index (κ1) is 16.3. The quantitative estimate of drug-likeness (QED) is 0.850. The molecule has 0 heterocycles. The van der Waals surface area contributed by atoms with Gasteiger partial charge in [0, 0.05) is 11.6 Å². The first-order chi connectivity index (χ1) is 8.63. The number of halogens is 2. The van der Waals surface area contributed by atoms with Crippen molar-refractivity contribution in [2.75, 3.05) is 0 Å². The van der Waals surface area contributed by atoms with Crippen molar-refractivity contribution in [2.45, 2.75) is 38.1 Å². The van der Waals surface area contributed by atoms with Crippen molar-refractivity contribution in [1.82, 2.24) is 0 Å². The molecule has 104 valence electrons. The number of nitriles is 1. The van der Waals surface area contributed by atoms with Crippen molar-refractivity contribution in [3.8, 4) is 11.8 Å². The van der Waals surface area contributed by atoms with Crippen LogP contribution in [0.15, 0.2) is 16.6 Å². The first-order valence-corrected chi connectivity index (χ1v) is 7.11. The maximum Gasteiger partial charge on any atom is 0.134 e. The third-order valence-corrected chi connectivity index (χ3v) is 4.34. The van der Waals surface area contributed by atoms with Crippen molar-refractivity contribution < 1.29 is 5.11 Å². The van der Waals surface area contributed by atoms with E-state index in [1.807, 2.05) is 0 Å². The summed E-state index contributed by atoms with van der Waals surface area (Å²) in [5.41, 5.74) is 7.49. The van der Waals surface area contributed by atoms with Gasteiger partial charge in [0.05, 0.1) is 16.1 Å². The van der Waals surface area contributed by atoms with Crippen molar-refractivity contribution in [2.24, 2.45) is 11.7 Å². The molecule has 1 aromatic rings. The first-order valence-electron chi connectivity index (χ1n) is 6.31. The standard InChI is InChI=1S/C14H17BrN2O.ClH/c15-12-7-9(8-16)6-11(14(12)18)13(17)10-4-2-1-3-5-10;/h6-7,10,13,18H,1-5,17H2;1H/t13-;/m1./s1. The lowest BCUT2D eigenvalue weighted by Crippen LogP contribution is -2.23. The molecule has 1 saturated carbocycles. The van der Waals surface area contributed by atoms with Crippen LogP contribution in [0.3, 0.4) is 0 Å². The van der Waals surface area contributed by atoms with E-state index >= 15 is 0 Å². The summed E-state index contributed by atoms with van der Waals surface area (Å²) in [5.74, 6) is 0.581. The summed E-state index contributed by atoms with van der Waals surface area (Å²) in [5, 5.41) is 19.1. The maximum absolute atomic E-state index is 10.1. The van der Waals surface area contributed by atoms with Gasteiger partial charge >= 0.3 is 0 Å². The molecule has 0 spiro atoms. The third kappa shape index (κ3) is 3.62. The predicted molar refractivity (Wildman–Crippen MR) is 81.3 cm³/mol. The highest BCUT2D eigenvalue weighted by molar-refractivity contribution is 9.10. The van der Waals surface area contributed by atoms with Gasteiger partial charge in [-0.05, 0) is 46.8 Å². The van der Waals surface area contributed by atoms with Crippen molar-refractivity contribution in [3.63, 3.8) is 0 Å². The van der Waals surface area contributed by atoms with Gasteiger partial charge in [0.25, 0.3) is 0 Å². The molecule has 2 rings (SSSR count). The number of hydrogen-bond donors (Lipinski definition) is 2. The molecular formula is C14H18BrClN2O. The van der Waals surface area contributed by atoms with Gasteiger partial charge in [0.15, 0.2) is 0 Å². The van der Waals surface area contributed by atoms with E-state index in [0.717, 1.165) is 12.8 Å². The lowest BCUT2D eigenvalue weighted by Gasteiger charge is -2.28. The molecule has 1 atom stereocenters. The van der Waals surface area contributed by atoms with Crippen LogP contribution in [0.1, 0.15) is 49.3 Å². The fourth-order valence-corrected chi connectivity index (χ4v) is 3.16. The van der Waals surface area contributed by atoms with Crippen LogP contribution in [-0.4, -0.2) is 5.11 Å². The lowest BCUT2D eigenvalue weighted by atomic mass is 9.81. The van der Waals surface area contributed by atoms with Gasteiger partial charge in [-0.25, -0.2) is 0 Å². The Balaban J connectivity index is 0.00000180. The highest BCUT2D eigenvalue weighted by Gasteiger charge is 2.25. The SMILES string of the molecule is Cl.N#Cc1cc(Br)c(O)c([C@H](N)C2CCCCC2)c1. The number of benzene rings is 1. The zero-order valence-electron chi connectivity index (χ0n) is 10.6. The average Bonchev–Trinajstić information content (AvgIpc) is 2.42. The highest BCUT2D eigenvalue weighted by Crippen LogP contribution is 2.39. The van der Waals surface area contributed by atoms with Crippen LogP contribution in [0.4, 0.5) is 0 Å². The molecule has 0 bridgehead atoms. The minimum atomic E-state index is -0.185. The fraction of sp³-hybridized carbons (Fsp3) is 0.500. The van der Waals surface area contributed by atoms with E-state index in [1.165, 1.54) is 19.3 Å². The number of aromatic hydroxyl groups is 1. The Labute approximate surface area is 128 Å². The van der Waals surface area contributed by atoms with Gasteiger partial charge in [-0.1, -0.05) is 19.3 Å². The van der Waals surface area contributed by atoms with Gasteiger partial charge in [-0.15, -0.1) is 12.4 Å². The minimum Gasteiger partial charge on any atom is -0.506 e. The molecule has 19 heavy (non-hydrogen) atoms. The molecular weight excluding hydrogens is 328 g/mol. The van der Waals surface area contributed by atoms with Crippen molar-refractivity contribution >= 4 is 28.3 Å². The van der Waals surface area contributed by atoms with E-state index in [0.29, 0.717) is 21.5 Å². The van der Waals surface area contributed by atoms with E-state index in [-0.39, 0.29) is 24.2 Å². The Hall–Kier alpha value is -0.760. The summed E-state index contributed by atoms with van der Waals surface area (Å²) in [6, 6.07) is 5.24. The maximum atomic E-state index is 10.1. The molecule has 1 fully saturated rings. The van der Waals surface area contributed by atoms with Crippen LogP contribution in [-0.2, 0) is 0 Å². The Morgan fingerprint density at radius 1 is 1.32 bits per heavy atom. The second-order valence-electron chi connectivity index (χ2n) is 4.93. The number of phenols is 1. The lowest BCUT2D eigenvalue weighted by molar-refractivity contribution is 0.303. The summed E-state index contributed by atoms with van der Waals surface area (Å²) in [7, 11) is 0. The molecule has 0 aliphatic heterocycles. The Morgan fingerprint density at radius 2 is 1.95 bits per heavy atom. The molecule has 0 amide bonds. The van der Waals surface area contributed by atoms with E-state index in [9.17, 15) is 5.11 Å². The Kier molecular flexibility index (Phi) is 6.12. The summed E-state index contributed by atoms with van der Waals surface area (Å²) in [6.07, 6.45) is 5.90. The van der Waals surface area contributed by atoms with Crippen LogP contribution in [0.25, 0.3) is 0 Å². The van der Waals surface area contributed by atoms with E-state index in [4.69, 9.17) is 11.0 Å². The average molecular weight is 346 g/mol. The molecule has 0 unspecified atom stereocenters. The van der Waals surface area contributed by atoms with E-state index in [1.54, 1.807) is 12.1 Å². The molecule has 0 radical (unpaired) electrons. The number of phenolic OH excluding ortho intramolecular Hbond substituents is 1. The number of rotatable bonds is 2. The number of nitrogens with two attached hydrogens (primary N) is 1. The van der Waals surface area contributed by atoms with Gasteiger partial charge in [-0.3, -0.25) is 0 Å². The molecule has 5 heteroatoms. The second kappa shape index (κ2) is 7.14. The minimum absolute atomic E-state index is 0. The molecule has 3 N–H and O–H groups in total. The molecule has 0 aromatic heterocycles. The van der Waals surface area contributed by atoms with Crippen molar-refractivity contribution in [3.05, 3.63) is 27.7 Å². The zero-order chi connectivity index (χ0) is 13.1. The van der Waals surface area contributed by atoms with Gasteiger partial charge in [0.1, 0.15) is 5.75 Å². The van der Waals surface area contributed by atoms with Crippen molar-refractivity contribution in [1.29, 1.82) is 5.26 Å². The summed E-state index contributed by atoms with van der Waals surface area (Å²) < 4.78 is 0.544. The van der Waals surface area contributed by atoms with Crippen LogP contribution < -0.4 is 5.73 Å². The smallest absolute Gasteiger partial charge is 0.134 e. The molecule has 0 saturated heterocycles. The topological polar surface area (TPSA) is 70.0 Å².